The lowest BCUT2D eigenvalue weighted by Gasteiger charge is -2.26. The van der Waals surface area contributed by atoms with Crippen molar-refractivity contribution in [3.63, 3.8) is 0 Å². The van der Waals surface area contributed by atoms with Gasteiger partial charge in [0, 0.05) is 0 Å². The topological polar surface area (TPSA) is 33.0 Å². The summed E-state index contributed by atoms with van der Waals surface area (Å²) < 4.78 is 19.0. The maximum Gasteiger partial charge on any atom is 0.123 e. The molecule has 0 saturated heterocycles. The molecule has 1 aromatic rings. The highest BCUT2D eigenvalue weighted by atomic mass is 19.1. The summed E-state index contributed by atoms with van der Waals surface area (Å²) in [6.45, 7) is 2.57. The van der Waals surface area contributed by atoms with Crippen molar-refractivity contribution < 1.29 is 9.13 Å². The maximum absolute atomic E-state index is 13.1. The highest BCUT2D eigenvalue weighted by Crippen LogP contribution is 2.26. The van der Waals surface area contributed by atoms with Crippen LogP contribution in [0.2, 0.25) is 0 Å². The number of hydrogen-bond donors (Lipinski definition) is 0. The minimum absolute atomic E-state index is 0.253. The first-order valence-electron chi connectivity index (χ1n) is 6.49. The molecular weight excluding hydrogens is 229 g/mol. The van der Waals surface area contributed by atoms with Gasteiger partial charge < -0.3 is 4.74 Å². The van der Waals surface area contributed by atoms with Crippen LogP contribution in [0.4, 0.5) is 4.39 Å². The molecule has 2 nitrogen and oxygen atoms in total. The van der Waals surface area contributed by atoms with Gasteiger partial charge in [-0.15, -0.1) is 0 Å². The first kappa shape index (κ1) is 13.0. The van der Waals surface area contributed by atoms with Crippen LogP contribution in [0.5, 0.6) is 0 Å². The third kappa shape index (κ3) is 3.30. The van der Waals surface area contributed by atoms with Crippen LogP contribution < -0.4 is 0 Å². The van der Waals surface area contributed by atoms with Gasteiger partial charge in [0.25, 0.3) is 0 Å². The summed E-state index contributed by atoms with van der Waals surface area (Å²) in [5.41, 5.74) is 1.15. The highest BCUT2D eigenvalue weighted by Gasteiger charge is 2.19. The van der Waals surface area contributed by atoms with E-state index in [1.54, 1.807) is 0 Å². The Bertz CT molecular complexity index is 452. The molecule has 3 heteroatoms. The van der Waals surface area contributed by atoms with E-state index in [-0.39, 0.29) is 11.9 Å². The van der Waals surface area contributed by atoms with E-state index in [1.165, 1.54) is 31.0 Å². The van der Waals surface area contributed by atoms with Crippen LogP contribution in [-0.2, 0) is 11.3 Å². The first-order valence-corrected chi connectivity index (χ1v) is 6.49. The Kier molecular flexibility index (Phi) is 4.33. The molecule has 0 heterocycles. The van der Waals surface area contributed by atoms with E-state index in [0.29, 0.717) is 23.7 Å². The molecule has 2 unspecified atom stereocenters. The zero-order valence-electron chi connectivity index (χ0n) is 10.7. The van der Waals surface area contributed by atoms with Crippen molar-refractivity contribution in [1.29, 1.82) is 5.26 Å². The second kappa shape index (κ2) is 5.97. The largest absolute Gasteiger partial charge is 0.373 e. The SMILES string of the molecule is CC1CCCC(OCc2cc(F)ccc2C#N)C1. The quantitative estimate of drug-likeness (QED) is 0.814. The van der Waals surface area contributed by atoms with Gasteiger partial charge in [-0.05, 0) is 42.5 Å². The number of nitrogens with zero attached hydrogens (tertiary/aromatic N) is 1. The molecule has 0 N–H and O–H groups in total. The molecule has 0 bridgehead atoms. The molecule has 96 valence electrons. The van der Waals surface area contributed by atoms with Crippen LogP contribution in [0, 0.1) is 23.1 Å². The predicted molar refractivity (Wildman–Crippen MR) is 67.3 cm³/mol. The van der Waals surface area contributed by atoms with Gasteiger partial charge in [0.1, 0.15) is 5.82 Å². The molecular formula is C15H18FNO. The summed E-state index contributed by atoms with van der Waals surface area (Å²) in [6.07, 6.45) is 4.85. The third-order valence-corrected chi connectivity index (χ3v) is 3.55. The number of hydrogen-bond acceptors (Lipinski definition) is 2. The number of halogens is 1. The normalized spacial score (nSPS) is 23.6. The second-order valence-electron chi connectivity index (χ2n) is 5.12. The lowest BCUT2D eigenvalue weighted by atomic mass is 9.89. The molecule has 0 aliphatic heterocycles. The summed E-state index contributed by atoms with van der Waals surface area (Å²) in [5, 5.41) is 8.96. The summed E-state index contributed by atoms with van der Waals surface area (Å²) in [5.74, 6) is 0.385. The van der Waals surface area contributed by atoms with Crippen LogP contribution in [-0.4, -0.2) is 6.10 Å². The number of ether oxygens (including phenoxy) is 1. The standard InChI is InChI=1S/C15H18FNO/c1-11-3-2-4-15(7-11)18-10-13-8-14(16)6-5-12(13)9-17/h5-6,8,11,15H,2-4,7,10H2,1H3. The van der Waals surface area contributed by atoms with Gasteiger partial charge in [-0.1, -0.05) is 19.8 Å². The summed E-state index contributed by atoms with van der Waals surface area (Å²) in [4.78, 5) is 0. The van der Waals surface area contributed by atoms with Crippen molar-refractivity contribution in [2.45, 2.75) is 45.3 Å². The van der Waals surface area contributed by atoms with Crippen molar-refractivity contribution in [3.8, 4) is 6.07 Å². The van der Waals surface area contributed by atoms with Crippen LogP contribution in [0.1, 0.15) is 43.7 Å². The van der Waals surface area contributed by atoms with Crippen molar-refractivity contribution in [2.75, 3.05) is 0 Å². The van der Waals surface area contributed by atoms with Crippen molar-refractivity contribution in [2.24, 2.45) is 5.92 Å². The van der Waals surface area contributed by atoms with Gasteiger partial charge in [0.05, 0.1) is 24.3 Å². The average Bonchev–Trinajstić information content (AvgIpc) is 2.37. The zero-order chi connectivity index (χ0) is 13.0. The molecule has 0 aromatic heterocycles. The van der Waals surface area contributed by atoms with Gasteiger partial charge >= 0.3 is 0 Å². The Labute approximate surface area is 107 Å². The fourth-order valence-corrected chi connectivity index (χ4v) is 2.53. The van der Waals surface area contributed by atoms with E-state index in [1.807, 2.05) is 0 Å². The highest BCUT2D eigenvalue weighted by molar-refractivity contribution is 5.37. The monoisotopic (exact) mass is 247 g/mol. The molecule has 0 spiro atoms. The molecule has 0 amide bonds. The zero-order valence-corrected chi connectivity index (χ0v) is 10.7. The van der Waals surface area contributed by atoms with Crippen molar-refractivity contribution in [1.82, 2.24) is 0 Å². The molecule has 0 radical (unpaired) electrons. The third-order valence-electron chi connectivity index (χ3n) is 3.55. The second-order valence-corrected chi connectivity index (χ2v) is 5.12. The summed E-state index contributed by atoms with van der Waals surface area (Å²) >= 11 is 0. The molecule has 2 atom stereocenters. The molecule has 1 aliphatic rings. The molecule has 18 heavy (non-hydrogen) atoms. The first-order chi connectivity index (χ1) is 8.69. The van der Waals surface area contributed by atoms with E-state index in [0.717, 1.165) is 12.8 Å². The Morgan fingerprint density at radius 2 is 2.28 bits per heavy atom. The van der Waals surface area contributed by atoms with Gasteiger partial charge in [-0.25, -0.2) is 4.39 Å². The predicted octanol–water partition coefficient (Wildman–Crippen LogP) is 3.79. The minimum Gasteiger partial charge on any atom is -0.373 e. The van der Waals surface area contributed by atoms with Crippen molar-refractivity contribution >= 4 is 0 Å². The van der Waals surface area contributed by atoms with Gasteiger partial charge in [0.15, 0.2) is 0 Å². The van der Waals surface area contributed by atoms with Crippen LogP contribution in [0.15, 0.2) is 18.2 Å². The van der Waals surface area contributed by atoms with Gasteiger partial charge in [-0.3, -0.25) is 0 Å². The molecule has 1 saturated carbocycles. The summed E-state index contributed by atoms with van der Waals surface area (Å²) in [7, 11) is 0. The van der Waals surface area contributed by atoms with Crippen molar-refractivity contribution in [3.05, 3.63) is 35.1 Å². The Morgan fingerprint density at radius 3 is 3.00 bits per heavy atom. The van der Waals surface area contributed by atoms with Crippen LogP contribution in [0.3, 0.4) is 0 Å². The van der Waals surface area contributed by atoms with E-state index >= 15 is 0 Å². The molecule has 2 rings (SSSR count). The van der Waals surface area contributed by atoms with E-state index in [2.05, 4.69) is 13.0 Å². The Hall–Kier alpha value is -1.40. The van der Waals surface area contributed by atoms with Crippen LogP contribution >= 0.6 is 0 Å². The van der Waals surface area contributed by atoms with E-state index < -0.39 is 0 Å². The van der Waals surface area contributed by atoms with Gasteiger partial charge in [-0.2, -0.15) is 5.26 Å². The molecule has 1 fully saturated rings. The van der Waals surface area contributed by atoms with Gasteiger partial charge in [0.2, 0.25) is 0 Å². The smallest absolute Gasteiger partial charge is 0.123 e. The van der Waals surface area contributed by atoms with E-state index in [9.17, 15) is 4.39 Å². The Morgan fingerprint density at radius 1 is 1.44 bits per heavy atom. The lowest BCUT2D eigenvalue weighted by Crippen LogP contribution is -2.21. The number of nitriles is 1. The van der Waals surface area contributed by atoms with Crippen LogP contribution in [0.25, 0.3) is 0 Å². The maximum atomic E-state index is 13.1. The molecule has 1 aromatic carbocycles. The minimum atomic E-state index is -0.315. The molecule has 1 aliphatic carbocycles. The fraction of sp³-hybridized carbons (Fsp3) is 0.533. The summed E-state index contributed by atoms with van der Waals surface area (Å²) in [6, 6.07) is 6.29. The Balaban J connectivity index is 1.97. The fourth-order valence-electron chi connectivity index (χ4n) is 2.53. The average molecular weight is 247 g/mol. The lowest BCUT2D eigenvalue weighted by molar-refractivity contribution is 0.00449. The number of benzene rings is 1. The van der Waals surface area contributed by atoms with E-state index in [4.69, 9.17) is 10.00 Å². The number of rotatable bonds is 3.